The van der Waals surface area contributed by atoms with E-state index in [1.165, 1.54) is 23.3 Å². The number of thiophene rings is 1. The number of rotatable bonds is 4. The molecule has 0 bridgehead atoms. The number of benzene rings is 1. The summed E-state index contributed by atoms with van der Waals surface area (Å²) in [7, 11) is 0. The van der Waals surface area contributed by atoms with E-state index in [-0.39, 0.29) is 11.3 Å². The lowest BCUT2D eigenvalue weighted by molar-refractivity contribution is 0.0932. The molecule has 20 heavy (non-hydrogen) atoms. The van der Waals surface area contributed by atoms with Crippen molar-refractivity contribution in [3.05, 3.63) is 56.7 Å². The van der Waals surface area contributed by atoms with Crippen LogP contribution in [-0.4, -0.2) is 12.5 Å². The van der Waals surface area contributed by atoms with E-state index in [1.54, 1.807) is 0 Å². The molecule has 1 amide bonds. The van der Waals surface area contributed by atoms with E-state index in [0.29, 0.717) is 0 Å². The number of carbonyl (C=O) groups is 1. The van der Waals surface area contributed by atoms with Crippen molar-refractivity contribution in [2.45, 2.75) is 24.7 Å². The van der Waals surface area contributed by atoms with Crippen LogP contribution in [0.4, 0.5) is 0 Å². The van der Waals surface area contributed by atoms with Crippen LogP contribution in [0.3, 0.4) is 0 Å². The molecule has 0 unspecified atom stereocenters. The molecule has 1 saturated carbocycles. The Morgan fingerprint density at radius 3 is 2.50 bits per heavy atom. The van der Waals surface area contributed by atoms with Crippen molar-refractivity contribution in [2.24, 2.45) is 0 Å². The van der Waals surface area contributed by atoms with Gasteiger partial charge in [0, 0.05) is 12.0 Å². The van der Waals surface area contributed by atoms with Crippen molar-refractivity contribution in [1.29, 1.82) is 0 Å². The standard InChI is InChI=1S/C16H16BrNOS/c17-14-8-7-13(20-14)15(19)18-11-16(9-4-10-16)12-5-2-1-3-6-12/h1-3,5-8H,4,9-11H2,(H,18,19). The van der Waals surface area contributed by atoms with Gasteiger partial charge in [0.15, 0.2) is 0 Å². The molecular formula is C16H16BrNOS. The molecule has 2 nitrogen and oxygen atoms in total. The molecule has 0 saturated heterocycles. The minimum atomic E-state index is 0.0305. The van der Waals surface area contributed by atoms with Crippen LogP contribution in [-0.2, 0) is 5.41 Å². The molecular weight excluding hydrogens is 334 g/mol. The summed E-state index contributed by atoms with van der Waals surface area (Å²) < 4.78 is 0.990. The second kappa shape index (κ2) is 5.70. The Bertz CT molecular complexity index is 604. The third-order valence-corrected chi connectivity index (χ3v) is 5.70. The SMILES string of the molecule is O=C(NCC1(c2ccccc2)CCC1)c1ccc(Br)s1. The number of carbonyl (C=O) groups excluding carboxylic acids is 1. The Morgan fingerprint density at radius 1 is 1.20 bits per heavy atom. The molecule has 1 N–H and O–H groups in total. The third kappa shape index (κ3) is 2.67. The van der Waals surface area contributed by atoms with Crippen LogP contribution in [0.5, 0.6) is 0 Å². The molecule has 1 aliphatic rings. The van der Waals surface area contributed by atoms with Gasteiger partial charge in [-0.15, -0.1) is 11.3 Å². The summed E-state index contributed by atoms with van der Waals surface area (Å²) in [5.74, 6) is 0.0305. The molecule has 0 spiro atoms. The predicted octanol–water partition coefficient (Wildman–Crippen LogP) is 4.36. The zero-order chi connectivity index (χ0) is 14.0. The number of amides is 1. The van der Waals surface area contributed by atoms with Crippen molar-refractivity contribution in [1.82, 2.24) is 5.32 Å². The van der Waals surface area contributed by atoms with Gasteiger partial charge in [-0.2, -0.15) is 0 Å². The first-order valence-electron chi connectivity index (χ1n) is 6.79. The maximum Gasteiger partial charge on any atom is 0.261 e. The second-order valence-corrected chi connectivity index (χ2v) is 7.75. The lowest BCUT2D eigenvalue weighted by Crippen LogP contribution is -2.45. The summed E-state index contributed by atoms with van der Waals surface area (Å²) in [4.78, 5) is 12.9. The van der Waals surface area contributed by atoms with E-state index in [9.17, 15) is 4.79 Å². The number of nitrogens with one attached hydrogen (secondary N) is 1. The Kier molecular flexibility index (Phi) is 3.94. The Labute approximate surface area is 131 Å². The van der Waals surface area contributed by atoms with Gasteiger partial charge in [-0.05, 0) is 46.5 Å². The smallest absolute Gasteiger partial charge is 0.261 e. The van der Waals surface area contributed by atoms with Gasteiger partial charge in [-0.1, -0.05) is 36.8 Å². The zero-order valence-electron chi connectivity index (χ0n) is 11.1. The van der Waals surface area contributed by atoms with Gasteiger partial charge in [0.2, 0.25) is 0 Å². The molecule has 2 aromatic rings. The predicted molar refractivity (Wildman–Crippen MR) is 86.3 cm³/mol. The average Bonchev–Trinajstić information content (AvgIpc) is 2.85. The minimum absolute atomic E-state index is 0.0305. The lowest BCUT2D eigenvalue weighted by Gasteiger charge is -2.42. The van der Waals surface area contributed by atoms with Crippen LogP contribution >= 0.6 is 27.3 Å². The van der Waals surface area contributed by atoms with Crippen molar-refractivity contribution >= 4 is 33.2 Å². The highest BCUT2D eigenvalue weighted by Gasteiger charge is 2.38. The van der Waals surface area contributed by atoms with Crippen LogP contribution in [0, 0.1) is 0 Å². The largest absolute Gasteiger partial charge is 0.350 e. The van der Waals surface area contributed by atoms with Crippen LogP contribution in [0.25, 0.3) is 0 Å². The minimum Gasteiger partial charge on any atom is -0.350 e. The quantitative estimate of drug-likeness (QED) is 0.872. The Balaban J connectivity index is 1.69. The van der Waals surface area contributed by atoms with E-state index in [1.807, 2.05) is 18.2 Å². The molecule has 0 atom stereocenters. The molecule has 1 aliphatic carbocycles. The molecule has 0 radical (unpaired) electrons. The highest BCUT2D eigenvalue weighted by Crippen LogP contribution is 2.43. The molecule has 104 valence electrons. The van der Waals surface area contributed by atoms with Gasteiger partial charge >= 0.3 is 0 Å². The van der Waals surface area contributed by atoms with Gasteiger partial charge in [0.1, 0.15) is 0 Å². The molecule has 1 aromatic heterocycles. The first-order chi connectivity index (χ1) is 9.70. The molecule has 1 aromatic carbocycles. The molecule has 1 fully saturated rings. The number of hydrogen-bond donors (Lipinski definition) is 1. The first kappa shape index (κ1) is 13.8. The van der Waals surface area contributed by atoms with E-state index >= 15 is 0 Å². The second-order valence-electron chi connectivity index (χ2n) is 5.29. The van der Waals surface area contributed by atoms with Crippen molar-refractivity contribution in [3.63, 3.8) is 0 Å². The van der Waals surface area contributed by atoms with Crippen molar-refractivity contribution < 1.29 is 4.79 Å². The van der Waals surface area contributed by atoms with E-state index in [4.69, 9.17) is 0 Å². The van der Waals surface area contributed by atoms with E-state index in [2.05, 4.69) is 45.5 Å². The highest BCUT2D eigenvalue weighted by molar-refractivity contribution is 9.11. The van der Waals surface area contributed by atoms with Crippen molar-refractivity contribution in [3.8, 4) is 0 Å². The fourth-order valence-electron chi connectivity index (χ4n) is 2.74. The van der Waals surface area contributed by atoms with Gasteiger partial charge in [0.25, 0.3) is 5.91 Å². The van der Waals surface area contributed by atoms with Gasteiger partial charge in [-0.3, -0.25) is 4.79 Å². The highest BCUT2D eigenvalue weighted by atomic mass is 79.9. The molecule has 0 aliphatic heterocycles. The van der Waals surface area contributed by atoms with E-state index in [0.717, 1.165) is 28.0 Å². The van der Waals surface area contributed by atoms with Gasteiger partial charge < -0.3 is 5.32 Å². The summed E-state index contributed by atoms with van der Waals surface area (Å²) in [6.45, 7) is 0.728. The maximum atomic E-state index is 12.2. The van der Waals surface area contributed by atoms with Crippen LogP contribution in [0.2, 0.25) is 0 Å². The Morgan fingerprint density at radius 2 is 1.95 bits per heavy atom. The van der Waals surface area contributed by atoms with Crippen molar-refractivity contribution in [2.75, 3.05) is 6.54 Å². The fourth-order valence-corrected chi connectivity index (χ4v) is 4.04. The Hall–Kier alpha value is -1.13. The zero-order valence-corrected chi connectivity index (χ0v) is 13.5. The third-order valence-electron chi connectivity index (χ3n) is 4.08. The fraction of sp³-hybridized carbons (Fsp3) is 0.312. The summed E-state index contributed by atoms with van der Waals surface area (Å²) in [6, 6.07) is 14.3. The van der Waals surface area contributed by atoms with Crippen LogP contribution in [0.1, 0.15) is 34.5 Å². The maximum absolute atomic E-state index is 12.2. The monoisotopic (exact) mass is 349 g/mol. The lowest BCUT2D eigenvalue weighted by atomic mass is 9.64. The first-order valence-corrected chi connectivity index (χ1v) is 8.40. The molecule has 3 rings (SSSR count). The van der Waals surface area contributed by atoms with Crippen LogP contribution < -0.4 is 5.32 Å². The van der Waals surface area contributed by atoms with E-state index < -0.39 is 0 Å². The molecule has 1 heterocycles. The van der Waals surface area contributed by atoms with Crippen LogP contribution in [0.15, 0.2) is 46.3 Å². The summed E-state index contributed by atoms with van der Waals surface area (Å²) in [5, 5.41) is 3.10. The van der Waals surface area contributed by atoms with Gasteiger partial charge in [-0.25, -0.2) is 0 Å². The number of halogens is 1. The normalized spacial score (nSPS) is 16.4. The summed E-state index contributed by atoms with van der Waals surface area (Å²) >= 11 is 4.86. The average molecular weight is 350 g/mol. The van der Waals surface area contributed by atoms with Gasteiger partial charge in [0.05, 0.1) is 8.66 Å². The summed E-state index contributed by atoms with van der Waals surface area (Å²) in [6.07, 6.45) is 3.56. The molecule has 4 heteroatoms. The number of hydrogen-bond acceptors (Lipinski definition) is 2. The summed E-state index contributed by atoms with van der Waals surface area (Å²) in [5.41, 5.74) is 1.49. The topological polar surface area (TPSA) is 29.1 Å².